The van der Waals surface area contributed by atoms with Crippen molar-refractivity contribution in [1.29, 1.82) is 0 Å². The van der Waals surface area contributed by atoms with E-state index in [2.05, 4.69) is 5.32 Å². The molecular formula is C24H24N2O3. The van der Waals surface area contributed by atoms with E-state index >= 15 is 0 Å². The third-order valence-electron chi connectivity index (χ3n) is 5.71. The number of benzene rings is 3. The average molecular weight is 388 g/mol. The van der Waals surface area contributed by atoms with E-state index in [9.17, 15) is 9.59 Å². The quantitative estimate of drug-likeness (QED) is 0.723. The molecule has 4 rings (SSSR count). The van der Waals surface area contributed by atoms with E-state index in [1.807, 2.05) is 67.7 Å². The second-order valence-electron chi connectivity index (χ2n) is 7.40. The highest BCUT2D eigenvalue weighted by atomic mass is 16.5. The van der Waals surface area contributed by atoms with Crippen LogP contribution in [0, 0.1) is 5.92 Å². The first-order valence-corrected chi connectivity index (χ1v) is 9.74. The molecule has 2 unspecified atom stereocenters. The molecule has 1 saturated heterocycles. The minimum Gasteiger partial charge on any atom is -0.496 e. The van der Waals surface area contributed by atoms with E-state index in [1.165, 1.54) is 0 Å². The van der Waals surface area contributed by atoms with Crippen LogP contribution in [0.2, 0.25) is 0 Å². The summed E-state index contributed by atoms with van der Waals surface area (Å²) < 4.78 is 5.42. The molecular weight excluding hydrogens is 364 g/mol. The van der Waals surface area contributed by atoms with E-state index in [1.54, 1.807) is 18.1 Å². The minimum atomic E-state index is -0.141. The average Bonchev–Trinajstić information content (AvgIpc) is 3.05. The summed E-state index contributed by atoms with van der Waals surface area (Å²) in [5, 5.41) is 4.81. The molecule has 3 aromatic carbocycles. The van der Waals surface area contributed by atoms with E-state index in [-0.39, 0.29) is 23.8 Å². The van der Waals surface area contributed by atoms with Gasteiger partial charge in [-0.1, -0.05) is 54.6 Å². The number of carbonyl (C=O) groups is 2. The molecule has 1 fully saturated rings. The molecule has 0 aliphatic carbocycles. The van der Waals surface area contributed by atoms with Gasteiger partial charge in [0.05, 0.1) is 13.2 Å². The lowest BCUT2D eigenvalue weighted by atomic mass is 9.93. The molecule has 2 atom stereocenters. The van der Waals surface area contributed by atoms with E-state index in [0.29, 0.717) is 18.5 Å². The number of hydrogen-bond acceptors (Lipinski definition) is 3. The van der Waals surface area contributed by atoms with Crippen molar-refractivity contribution in [2.75, 3.05) is 20.7 Å². The molecule has 1 aliphatic heterocycles. The maximum Gasteiger partial charge on any atom is 0.251 e. The van der Waals surface area contributed by atoms with Crippen LogP contribution >= 0.6 is 0 Å². The molecule has 0 aromatic heterocycles. The first-order chi connectivity index (χ1) is 14.1. The molecule has 0 saturated carbocycles. The van der Waals surface area contributed by atoms with Crippen LogP contribution in [-0.2, 0) is 4.79 Å². The molecule has 1 N–H and O–H groups in total. The number of rotatable bonds is 5. The molecule has 5 heteroatoms. The van der Waals surface area contributed by atoms with Crippen molar-refractivity contribution in [1.82, 2.24) is 10.2 Å². The zero-order valence-electron chi connectivity index (χ0n) is 16.6. The fourth-order valence-electron chi connectivity index (χ4n) is 4.25. The van der Waals surface area contributed by atoms with Crippen LogP contribution in [0.5, 0.6) is 5.75 Å². The van der Waals surface area contributed by atoms with Gasteiger partial charge in [0.2, 0.25) is 5.91 Å². The van der Waals surface area contributed by atoms with Crippen molar-refractivity contribution in [3.63, 3.8) is 0 Å². The first kappa shape index (κ1) is 19.0. The van der Waals surface area contributed by atoms with Gasteiger partial charge in [0, 0.05) is 36.9 Å². The number of likely N-dealkylation sites (tertiary alicyclic amines) is 1. The van der Waals surface area contributed by atoms with E-state index in [0.717, 1.165) is 22.1 Å². The predicted octanol–water partition coefficient (Wildman–Crippen LogP) is 3.80. The highest BCUT2D eigenvalue weighted by Gasteiger charge is 2.38. The van der Waals surface area contributed by atoms with Gasteiger partial charge in [0.25, 0.3) is 5.91 Å². The first-order valence-electron chi connectivity index (χ1n) is 9.74. The number of ether oxygens (including phenoxy) is 1. The fourth-order valence-corrected chi connectivity index (χ4v) is 4.25. The maximum absolute atomic E-state index is 13.0. The van der Waals surface area contributed by atoms with E-state index < -0.39 is 0 Å². The zero-order valence-corrected chi connectivity index (χ0v) is 16.6. The third-order valence-corrected chi connectivity index (χ3v) is 5.71. The molecule has 5 nitrogen and oxygen atoms in total. The van der Waals surface area contributed by atoms with Gasteiger partial charge in [-0.25, -0.2) is 0 Å². The number of fused-ring (bicyclic) bond motifs is 1. The monoisotopic (exact) mass is 388 g/mol. The van der Waals surface area contributed by atoms with Crippen molar-refractivity contribution < 1.29 is 14.3 Å². The number of carbonyl (C=O) groups excluding carboxylic acids is 2. The molecule has 1 aliphatic rings. The van der Waals surface area contributed by atoms with Crippen molar-refractivity contribution in [2.45, 2.75) is 12.5 Å². The second-order valence-corrected chi connectivity index (χ2v) is 7.40. The minimum absolute atomic E-state index is 0.0309. The van der Waals surface area contributed by atoms with Gasteiger partial charge in [0.1, 0.15) is 5.75 Å². The van der Waals surface area contributed by atoms with Gasteiger partial charge in [-0.05, 0) is 23.1 Å². The van der Waals surface area contributed by atoms with Gasteiger partial charge < -0.3 is 15.0 Å². The van der Waals surface area contributed by atoms with Crippen LogP contribution in [0.15, 0.2) is 66.7 Å². The summed E-state index contributed by atoms with van der Waals surface area (Å²) in [5.74, 6) is 0.735. The summed E-state index contributed by atoms with van der Waals surface area (Å²) in [6, 6.07) is 21.3. The normalized spacial score (nSPS) is 18.8. The topological polar surface area (TPSA) is 58.6 Å². The summed E-state index contributed by atoms with van der Waals surface area (Å²) in [6.45, 7) is 0.439. The summed E-state index contributed by atoms with van der Waals surface area (Å²) in [4.78, 5) is 27.1. The molecule has 0 radical (unpaired) electrons. The highest BCUT2D eigenvalue weighted by molar-refractivity contribution is 6.08. The number of methoxy groups -OCH3 is 1. The van der Waals surface area contributed by atoms with Crippen LogP contribution in [0.3, 0.4) is 0 Å². The smallest absolute Gasteiger partial charge is 0.251 e. The van der Waals surface area contributed by atoms with Gasteiger partial charge in [-0.3, -0.25) is 9.59 Å². The second kappa shape index (κ2) is 7.95. The Kier molecular flexibility index (Phi) is 5.21. The Morgan fingerprint density at radius 3 is 2.45 bits per heavy atom. The molecule has 148 valence electrons. The van der Waals surface area contributed by atoms with Crippen molar-refractivity contribution >= 4 is 22.6 Å². The number of nitrogens with zero attached hydrogens (tertiary/aromatic N) is 1. The number of nitrogens with one attached hydrogen (secondary N) is 1. The van der Waals surface area contributed by atoms with Crippen molar-refractivity contribution in [3.8, 4) is 5.75 Å². The van der Waals surface area contributed by atoms with Crippen LogP contribution in [0.1, 0.15) is 28.4 Å². The lowest BCUT2D eigenvalue weighted by Gasteiger charge is -2.25. The van der Waals surface area contributed by atoms with Crippen LogP contribution in [0.4, 0.5) is 0 Å². The number of amides is 2. The Morgan fingerprint density at radius 2 is 1.72 bits per heavy atom. The Morgan fingerprint density at radius 1 is 1.03 bits per heavy atom. The summed E-state index contributed by atoms with van der Waals surface area (Å²) in [5.41, 5.74) is 1.70. The lowest BCUT2D eigenvalue weighted by molar-refractivity contribution is -0.127. The van der Waals surface area contributed by atoms with Crippen LogP contribution in [-0.4, -0.2) is 37.4 Å². The van der Waals surface area contributed by atoms with Crippen molar-refractivity contribution in [3.05, 3.63) is 77.9 Å². The van der Waals surface area contributed by atoms with Crippen LogP contribution < -0.4 is 10.1 Å². The molecule has 2 amide bonds. The molecule has 0 bridgehead atoms. The molecule has 3 aromatic rings. The standard InChI is InChI=1S/C24H24N2O3/c1-26-22(27)14-17(23(26)16-8-4-3-5-9-16)15-25-24(28)20-12-13-21(29-2)19-11-7-6-10-18(19)20/h3-13,17,23H,14-15H2,1-2H3,(H,25,28). The van der Waals surface area contributed by atoms with Gasteiger partial charge in [-0.15, -0.1) is 0 Å². The Hall–Kier alpha value is -3.34. The lowest BCUT2D eigenvalue weighted by Crippen LogP contribution is -2.32. The largest absolute Gasteiger partial charge is 0.496 e. The Balaban J connectivity index is 1.55. The zero-order chi connectivity index (χ0) is 20.4. The molecule has 29 heavy (non-hydrogen) atoms. The van der Waals surface area contributed by atoms with Gasteiger partial charge in [-0.2, -0.15) is 0 Å². The van der Waals surface area contributed by atoms with Gasteiger partial charge in [0.15, 0.2) is 0 Å². The molecule has 1 heterocycles. The Bertz CT molecular complexity index is 1050. The van der Waals surface area contributed by atoms with Crippen LogP contribution in [0.25, 0.3) is 10.8 Å². The predicted molar refractivity (Wildman–Crippen MR) is 113 cm³/mol. The summed E-state index contributed by atoms with van der Waals surface area (Å²) in [6.07, 6.45) is 0.430. The highest BCUT2D eigenvalue weighted by Crippen LogP contribution is 2.36. The number of hydrogen-bond donors (Lipinski definition) is 1. The van der Waals surface area contributed by atoms with E-state index in [4.69, 9.17) is 4.74 Å². The summed E-state index contributed by atoms with van der Waals surface area (Å²) in [7, 11) is 3.46. The van der Waals surface area contributed by atoms with Gasteiger partial charge >= 0.3 is 0 Å². The summed E-state index contributed by atoms with van der Waals surface area (Å²) >= 11 is 0. The maximum atomic E-state index is 13.0. The Labute approximate surface area is 170 Å². The fraction of sp³-hybridized carbons (Fsp3) is 0.250. The third kappa shape index (κ3) is 3.56. The molecule has 0 spiro atoms. The SMILES string of the molecule is COc1ccc(C(=O)NCC2CC(=O)N(C)C2c2ccccc2)c2ccccc12. The van der Waals surface area contributed by atoms with Crippen molar-refractivity contribution in [2.24, 2.45) is 5.92 Å².